The van der Waals surface area contributed by atoms with Gasteiger partial charge in [0.1, 0.15) is 0 Å². The van der Waals surface area contributed by atoms with Gasteiger partial charge in [-0.25, -0.2) is 0 Å². The van der Waals surface area contributed by atoms with Crippen molar-refractivity contribution in [2.45, 2.75) is 13.5 Å². The number of H-pyrrole nitrogens is 2. The van der Waals surface area contributed by atoms with Gasteiger partial charge in [-0.1, -0.05) is 0 Å². The summed E-state index contributed by atoms with van der Waals surface area (Å²) in [5, 5.41) is 3.27. The molecular formula is C15H14N4O2. The Morgan fingerprint density at radius 3 is 2.62 bits per heavy atom. The van der Waals surface area contributed by atoms with Gasteiger partial charge < -0.3 is 15.3 Å². The minimum absolute atomic E-state index is 0.590. The van der Waals surface area contributed by atoms with Crippen LogP contribution in [-0.2, 0) is 6.54 Å². The maximum Gasteiger partial charge on any atom is 0.314 e. The Hall–Kier alpha value is -2.89. The minimum atomic E-state index is -0.650. The highest BCUT2D eigenvalue weighted by Gasteiger charge is 2.02. The molecule has 6 nitrogen and oxygen atoms in total. The summed E-state index contributed by atoms with van der Waals surface area (Å²) in [7, 11) is 0. The zero-order chi connectivity index (χ0) is 14.8. The van der Waals surface area contributed by atoms with Crippen LogP contribution in [0, 0.1) is 6.92 Å². The van der Waals surface area contributed by atoms with Crippen LogP contribution >= 0.6 is 0 Å². The first-order valence-electron chi connectivity index (χ1n) is 6.53. The minimum Gasteiger partial charge on any atom is -0.381 e. The van der Waals surface area contributed by atoms with Gasteiger partial charge in [0.25, 0.3) is 0 Å². The standard InChI is InChI=1S/C15H14N4O2/c1-9-4-5-16-7-10(9)8-17-11-2-3-12-13(6-11)19-15(21)14(20)18-12/h2-7,17H,8H2,1H3,(H,18,20)(H,19,21). The molecule has 0 amide bonds. The molecule has 0 bridgehead atoms. The van der Waals surface area contributed by atoms with Crippen LogP contribution in [0.5, 0.6) is 0 Å². The van der Waals surface area contributed by atoms with Gasteiger partial charge in [0, 0.05) is 24.6 Å². The largest absolute Gasteiger partial charge is 0.381 e. The van der Waals surface area contributed by atoms with Gasteiger partial charge in [0.2, 0.25) is 0 Å². The van der Waals surface area contributed by atoms with E-state index in [-0.39, 0.29) is 0 Å². The zero-order valence-electron chi connectivity index (χ0n) is 11.4. The second-order valence-electron chi connectivity index (χ2n) is 4.82. The van der Waals surface area contributed by atoms with Gasteiger partial charge in [-0.05, 0) is 42.3 Å². The van der Waals surface area contributed by atoms with Crippen molar-refractivity contribution in [1.82, 2.24) is 15.0 Å². The molecule has 2 heterocycles. The predicted molar refractivity (Wildman–Crippen MR) is 81.5 cm³/mol. The van der Waals surface area contributed by atoms with Gasteiger partial charge in [-0.3, -0.25) is 14.6 Å². The molecule has 0 saturated carbocycles. The number of hydrogen-bond acceptors (Lipinski definition) is 4. The third-order valence-corrected chi connectivity index (χ3v) is 3.35. The molecule has 3 aromatic rings. The van der Waals surface area contributed by atoms with Crippen LogP contribution in [0.4, 0.5) is 5.69 Å². The van der Waals surface area contributed by atoms with Crippen LogP contribution in [-0.4, -0.2) is 15.0 Å². The number of aromatic nitrogens is 3. The lowest BCUT2D eigenvalue weighted by atomic mass is 10.1. The Morgan fingerprint density at radius 2 is 1.86 bits per heavy atom. The Bertz CT molecular complexity index is 911. The molecule has 0 saturated heterocycles. The fourth-order valence-electron chi connectivity index (χ4n) is 2.10. The number of nitrogens with one attached hydrogen (secondary N) is 3. The molecule has 0 aliphatic rings. The van der Waals surface area contributed by atoms with Crippen LogP contribution in [0.3, 0.4) is 0 Å². The Kier molecular flexibility index (Phi) is 3.27. The van der Waals surface area contributed by atoms with Crippen molar-refractivity contribution in [3.05, 3.63) is 68.5 Å². The summed E-state index contributed by atoms with van der Waals surface area (Å²) in [6.45, 7) is 2.67. The van der Waals surface area contributed by atoms with Crippen LogP contribution in [0.25, 0.3) is 11.0 Å². The van der Waals surface area contributed by atoms with E-state index in [0.717, 1.165) is 16.8 Å². The monoisotopic (exact) mass is 282 g/mol. The van der Waals surface area contributed by atoms with E-state index in [1.807, 2.05) is 25.3 Å². The fourth-order valence-corrected chi connectivity index (χ4v) is 2.10. The van der Waals surface area contributed by atoms with Crippen LogP contribution in [0.1, 0.15) is 11.1 Å². The third kappa shape index (κ3) is 2.69. The second kappa shape index (κ2) is 5.24. The van der Waals surface area contributed by atoms with Crippen molar-refractivity contribution in [3.63, 3.8) is 0 Å². The number of benzene rings is 1. The SMILES string of the molecule is Cc1ccncc1CNc1ccc2[nH]c(=O)c(=O)[nH]c2c1. The summed E-state index contributed by atoms with van der Waals surface area (Å²) in [6, 6.07) is 7.35. The summed E-state index contributed by atoms with van der Waals surface area (Å²) in [4.78, 5) is 31.8. The topological polar surface area (TPSA) is 90.6 Å². The molecule has 0 unspecified atom stereocenters. The van der Waals surface area contributed by atoms with Crippen molar-refractivity contribution < 1.29 is 0 Å². The van der Waals surface area contributed by atoms with Crippen molar-refractivity contribution in [2.24, 2.45) is 0 Å². The fraction of sp³-hybridized carbons (Fsp3) is 0.133. The molecule has 1 aromatic carbocycles. The molecule has 2 aromatic heterocycles. The van der Waals surface area contributed by atoms with E-state index in [2.05, 4.69) is 20.3 Å². The first-order valence-corrected chi connectivity index (χ1v) is 6.53. The molecule has 0 radical (unpaired) electrons. The number of nitrogens with zero attached hydrogens (tertiary/aromatic N) is 1. The van der Waals surface area contributed by atoms with Gasteiger partial charge >= 0.3 is 11.1 Å². The lowest BCUT2D eigenvalue weighted by Gasteiger charge is -2.09. The predicted octanol–water partition coefficient (Wildman–Crippen LogP) is 1.53. The number of pyridine rings is 1. The number of aromatic amines is 2. The molecule has 0 aliphatic heterocycles. The van der Waals surface area contributed by atoms with Gasteiger partial charge in [0.05, 0.1) is 11.0 Å². The average molecular weight is 282 g/mol. The summed E-state index contributed by atoms with van der Waals surface area (Å²) < 4.78 is 0. The van der Waals surface area contributed by atoms with Crippen LogP contribution in [0.15, 0.2) is 46.2 Å². The van der Waals surface area contributed by atoms with E-state index in [0.29, 0.717) is 17.6 Å². The summed E-state index contributed by atoms with van der Waals surface area (Å²) in [5.74, 6) is 0. The number of hydrogen-bond donors (Lipinski definition) is 3. The lowest BCUT2D eigenvalue weighted by Crippen LogP contribution is -2.28. The van der Waals surface area contributed by atoms with Crippen molar-refractivity contribution in [2.75, 3.05) is 5.32 Å². The van der Waals surface area contributed by atoms with E-state index in [1.54, 1.807) is 18.3 Å². The summed E-state index contributed by atoms with van der Waals surface area (Å²) >= 11 is 0. The smallest absolute Gasteiger partial charge is 0.314 e. The molecular weight excluding hydrogens is 268 g/mol. The molecule has 0 spiro atoms. The maximum atomic E-state index is 11.3. The summed E-state index contributed by atoms with van der Waals surface area (Å²) in [5.41, 5.74) is 3.02. The third-order valence-electron chi connectivity index (χ3n) is 3.35. The molecule has 6 heteroatoms. The van der Waals surface area contributed by atoms with Crippen LogP contribution in [0.2, 0.25) is 0 Å². The van der Waals surface area contributed by atoms with Gasteiger partial charge in [0.15, 0.2) is 0 Å². The van der Waals surface area contributed by atoms with E-state index < -0.39 is 11.1 Å². The van der Waals surface area contributed by atoms with E-state index in [1.165, 1.54) is 0 Å². The zero-order valence-corrected chi connectivity index (χ0v) is 11.4. The highest BCUT2D eigenvalue weighted by atomic mass is 16.2. The first kappa shape index (κ1) is 13.1. The lowest BCUT2D eigenvalue weighted by molar-refractivity contribution is 1.08. The van der Waals surface area contributed by atoms with Crippen molar-refractivity contribution >= 4 is 16.7 Å². The Morgan fingerprint density at radius 1 is 1.10 bits per heavy atom. The molecule has 3 N–H and O–H groups in total. The van der Waals surface area contributed by atoms with Crippen molar-refractivity contribution in [3.8, 4) is 0 Å². The molecule has 0 aliphatic carbocycles. The molecule has 21 heavy (non-hydrogen) atoms. The molecule has 0 atom stereocenters. The summed E-state index contributed by atoms with van der Waals surface area (Å²) in [6.07, 6.45) is 3.58. The molecule has 3 rings (SSSR count). The Balaban J connectivity index is 1.88. The van der Waals surface area contributed by atoms with E-state index in [4.69, 9.17) is 0 Å². The van der Waals surface area contributed by atoms with Crippen molar-refractivity contribution in [1.29, 1.82) is 0 Å². The number of aryl methyl sites for hydroxylation is 1. The number of rotatable bonds is 3. The van der Waals surface area contributed by atoms with Gasteiger partial charge in [-0.15, -0.1) is 0 Å². The van der Waals surface area contributed by atoms with Gasteiger partial charge in [-0.2, -0.15) is 0 Å². The van der Waals surface area contributed by atoms with Crippen LogP contribution < -0.4 is 16.4 Å². The normalized spacial score (nSPS) is 10.7. The number of anilines is 1. The highest BCUT2D eigenvalue weighted by molar-refractivity contribution is 5.78. The second-order valence-corrected chi connectivity index (χ2v) is 4.82. The highest BCUT2D eigenvalue weighted by Crippen LogP contribution is 2.15. The maximum absolute atomic E-state index is 11.3. The first-order chi connectivity index (χ1) is 10.1. The van der Waals surface area contributed by atoms with E-state index in [9.17, 15) is 9.59 Å². The van der Waals surface area contributed by atoms with E-state index >= 15 is 0 Å². The Labute approximate surface area is 119 Å². The number of fused-ring (bicyclic) bond motifs is 1. The molecule has 106 valence electrons. The quantitative estimate of drug-likeness (QED) is 0.635. The average Bonchev–Trinajstić information content (AvgIpc) is 2.48. The molecule has 0 fully saturated rings.